The molecule has 0 saturated heterocycles. The zero-order chi connectivity index (χ0) is 14.5. The van der Waals surface area contributed by atoms with E-state index in [-0.39, 0.29) is 11.9 Å². The average Bonchev–Trinajstić information content (AvgIpc) is 2.66. The largest absolute Gasteiger partial charge is 0.462 e. The summed E-state index contributed by atoms with van der Waals surface area (Å²) in [5.41, 5.74) is 1.68. The molecule has 0 radical (unpaired) electrons. The third-order valence-corrected chi connectivity index (χ3v) is 4.65. The molecular weight excluding hydrogens is 274 g/mol. The van der Waals surface area contributed by atoms with Crippen LogP contribution in [0.15, 0.2) is 0 Å². The molecule has 20 heavy (non-hydrogen) atoms. The highest BCUT2D eigenvalue weighted by molar-refractivity contribution is 7.17. The number of aryl methyl sites for hydroxylation is 1. The van der Waals surface area contributed by atoms with Crippen LogP contribution >= 0.6 is 11.3 Å². The van der Waals surface area contributed by atoms with Crippen LogP contribution < -0.4 is 5.32 Å². The van der Waals surface area contributed by atoms with Gasteiger partial charge in [-0.25, -0.2) is 4.79 Å². The lowest BCUT2D eigenvalue weighted by atomic mass is 9.96. The fraction of sp³-hybridized carbons (Fsp3) is 0.600. The van der Waals surface area contributed by atoms with Crippen molar-refractivity contribution in [2.75, 3.05) is 11.9 Å². The Hall–Kier alpha value is -1.36. The van der Waals surface area contributed by atoms with Crippen molar-refractivity contribution in [3.05, 3.63) is 16.0 Å². The van der Waals surface area contributed by atoms with Gasteiger partial charge in [0.2, 0.25) is 5.91 Å². The lowest BCUT2D eigenvalue weighted by molar-refractivity contribution is -0.114. The number of amides is 1. The highest BCUT2D eigenvalue weighted by Crippen LogP contribution is 2.37. The Kier molecular flexibility index (Phi) is 5.17. The number of anilines is 1. The number of esters is 1. The number of ether oxygens (including phenoxy) is 1. The molecule has 0 bridgehead atoms. The maximum Gasteiger partial charge on any atom is 0.341 e. The van der Waals surface area contributed by atoms with Gasteiger partial charge in [-0.05, 0) is 38.2 Å². The van der Waals surface area contributed by atoms with Crippen LogP contribution in [0.1, 0.15) is 60.3 Å². The van der Waals surface area contributed by atoms with Crippen molar-refractivity contribution in [2.45, 2.75) is 52.4 Å². The summed E-state index contributed by atoms with van der Waals surface area (Å²) in [5.74, 6) is -0.459. The van der Waals surface area contributed by atoms with Crippen LogP contribution in [0.2, 0.25) is 0 Å². The fourth-order valence-electron chi connectivity index (χ4n) is 2.59. The second kappa shape index (κ2) is 6.88. The molecule has 0 atom stereocenters. The van der Waals surface area contributed by atoms with Gasteiger partial charge in [0, 0.05) is 11.8 Å². The van der Waals surface area contributed by atoms with Gasteiger partial charge in [0.25, 0.3) is 0 Å². The first-order valence-corrected chi connectivity index (χ1v) is 8.04. The Balaban J connectivity index is 2.41. The zero-order valence-corrected chi connectivity index (χ0v) is 12.9. The number of rotatable bonds is 3. The third kappa shape index (κ3) is 3.39. The van der Waals surface area contributed by atoms with Crippen molar-refractivity contribution < 1.29 is 14.3 Å². The van der Waals surface area contributed by atoms with E-state index in [0.717, 1.165) is 31.2 Å². The van der Waals surface area contributed by atoms with Crippen LogP contribution in [0.3, 0.4) is 0 Å². The van der Waals surface area contributed by atoms with E-state index in [1.807, 2.05) is 0 Å². The molecule has 0 fully saturated rings. The van der Waals surface area contributed by atoms with Gasteiger partial charge in [0.1, 0.15) is 5.00 Å². The van der Waals surface area contributed by atoms with E-state index in [2.05, 4.69) is 5.32 Å². The minimum atomic E-state index is -0.311. The third-order valence-electron chi connectivity index (χ3n) is 3.44. The standard InChI is InChI=1S/C15H21NO3S/c1-3-19-15(18)13-11-8-6-4-5-7-9-12(11)20-14(13)16-10(2)17/h3-9H2,1-2H3,(H,16,17). The summed E-state index contributed by atoms with van der Waals surface area (Å²) < 4.78 is 5.16. The Labute approximate surface area is 123 Å². The molecular formula is C15H21NO3S. The van der Waals surface area contributed by atoms with Crippen LogP contribution in [-0.4, -0.2) is 18.5 Å². The first-order chi connectivity index (χ1) is 9.63. The van der Waals surface area contributed by atoms with Crippen molar-refractivity contribution in [3.8, 4) is 0 Å². The smallest absolute Gasteiger partial charge is 0.341 e. The quantitative estimate of drug-likeness (QED) is 0.868. The van der Waals surface area contributed by atoms with Gasteiger partial charge >= 0.3 is 5.97 Å². The normalized spacial score (nSPS) is 14.9. The summed E-state index contributed by atoms with van der Waals surface area (Å²) in [5, 5.41) is 3.44. The van der Waals surface area contributed by atoms with Crippen LogP contribution in [0.25, 0.3) is 0 Å². The molecule has 1 aromatic rings. The van der Waals surface area contributed by atoms with Crippen molar-refractivity contribution in [2.24, 2.45) is 0 Å². The highest BCUT2D eigenvalue weighted by Gasteiger charge is 2.25. The number of carbonyl (C=O) groups excluding carboxylic acids is 2. The molecule has 0 saturated carbocycles. The fourth-order valence-corrected chi connectivity index (χ4v) is 3.91. The summed E-state index contributed by atoms with van der Waals surface area (Å²) in [6.45, 7) is 3.61. The minimum absolute atomic E-state index is 0.148. The van der Waals surface area contributed by atoms with Gasteiger partial charge in [-0.3, -0.25) is 4.79 Å². The van der Waals surface area contributed by atoms with E-state index >= 15 is 0 Å². The Morgan fingerprint density at radius 3 is 2.55 bits per heavy atom. The number of carbonyl (C=O) groups is 2. The number of nitrogens with one attached hydrogen (secondary N) is 1. The second-order valence-electron chi connectivity index (χ2n) is 5.02. The Morgan fingerprint density at radius 2 is 1.90 bits per heavy atom. The summed E-state index contributed by atoms with van der Waals surface area (Å²) in [6, 6.07) is 0. The number of fused-ring (bicyclic) bond motifs is 1. The summed E-state index contributed by atoms with van der Waals surface area (Å²) in [4.78, 5) is 24.8. The van der Waals surface area contributed by atoms with Crippen LogP contribution in [0, 0.1) is 0 Å². The first kappa shape index (κ1) is 15.0. The predicted octanol–water partition coefficient (Wildman–Crippen LogP) is 3.54. The summed E-state index contributed by atoms with van der Waals surface area (Å²) >= 11 is 1.53. The molecule has 110 valence electrons. The first-order valence-electron chi connectivity index (χ1n) is 7.22. The number of thiophene rings is 1. The van der Waals surface area contributed by atoms with E-state index in [1.54, 1.807) is 6.92 Å². The molecule has 1 heterocycles. The molecule has 1 aliphatic carbocycles. The summed E-state index contributed by atoms with van der Waals surface area (Å²) in [7, 11) is 0. The zero-order valence-electron chi connectivity index (χ0n) is 12.1. The summed E-state index contributed by atoms with van der Waals surface area (Å²) in [6.07, 6.45) is 6.57. The topological polar surface area (TPSA) is 55.4 Å². The van der Waals surface area contributed by atoms with Gasteiger partial charge in [-0.1, -0.05) is 12.8 Å². The molecule has 1 amide bonds. The van der Waals surface area contributed by atoms with Crippen molar-refractivity contribution >= 4 is 28.2 Å². The molecule has 2 rings (SSSR count). The van der Waals surface area contributed by atoms with E-state index in [0.29, 0.717) is 17.2 Å². The van der Waals surface area contributed by atoms with Crippen molar-refractivity contribution in [1.29, 1.82) is 0 Å². The van der Waals surface area contributed by atoms with E-state index in [4.69, 9.17) is 4.74 Å². The molecule has 0 aliphatic heterocycles. The molecule has 1 N–H and O–H groups in total. The van der Waals surface area contributed by atoms with Crippen LogP contribution in [-0.2, 0) is 22.4 Å². The number of hydrogen-bond donors (Lipinski definition) is 1. The minimum Gasteiger partial charge on any atom is -0.462 e. The lowest BCUT2D eigenvalue weighted by Gasteiger charge is -2.11. The molecule has 1 aliphatic rings. The molecule has 4 nitrogen and oxygen atoms in total. The van der Waals surface area contributed by atoms with Gasteiger partial charge < -0.3 is 10.1 Å². The van der Waals surface area contributed by atoms with E-state index in [1.165, 1.54) is 36.0 Å². The number of hydrogen-bond acceptors (Lipinski definition) is 4. The SMILES string of the molecule is CCOC(=O)c1c(NC(C)=O)sc2c1CCCCCC2. The van der Waals surface area contributed by atoms with Crippen LogP contribution in [0.4, 0.5) is 5.00 Å². The molecule has 0 spiro atoms. The predicted molar refractivity (Wildman–Crippen MR) is 80.5 cm³/mol. The molecule has 1 aromatic heterocycles. The van der Waals surface area contributed by atoms with Gasteiger partial charge in [-0.15, -0.1) is 11.3 Å². The maximum absolute atomic E-state index is 12.2. The van der Waals surface area contributed by atoms with Crippen molar-refractivity contribution in [1.82, 2.24) is 0 Å². The van der Waals surface area contributed by atoms with E-state index < -0.39 is 0 Å². The maximum atomic E-state index is 12.2. The van der Waals surface area contributed by atoms with E-state index in [9.17, 15) is 9.59 Å². The monoisotopic (exact) mass is 295 g/mol. The van der Waals surface area contributed by atoms with Gasteiger partial charge in [0.15, 0.2) is 0 Å². The van der Waals surface area contributed by atoms with Crippen molar-refractivity contribution in [3.63, 3.8) is 0 Å². The Bertz CT molecular complexity index is 507. The molecule has 5 heteroatoms. The second-order valence-corrected chi connectivity index (χ2v) is 6.13. The van der Waals surface area contributed by atoms with Gasteiger partial charge in [0.05, 0.1) is 12.2 Å². The molecule has 0 unspecified atom stereocenters. The van der Waals surface area contributed by atoms with Gasteiger partial charge in [-0.2, -0.15) is 0 Å². The molecule has 0 aromatic carbocycles. The highest BCUT2D eigenvalue weighted by atomic mass is 32.1. The lowest BCUT2D eigenvalue weighted by Crippen LogP contribution is -2.13. The van der Waals surface area contributed by atoms with Crippen LogP contribution in [0.5, 0.6) is 0 Å². The Morgan fingerprint density at radius 1 is 1.20 bits per heavy atom. The average molecular weight is 295 g/mol.